The van der Waals surface area contributed by atoms with E-state index < -0.39 is 17.8 Å². The van der Waals surface area contributed by atoms with Crippen molar-refractivity contribution in [2.24, 2.45) is 5.92 Å². The van der Waals surface area contributed by atoms with E-state index in [0.717, 1.165) is 5.56 Å². The molecule has 7 nitrogen and oxygen atoms in total. The fraction of sp³-hybridized carbons (Fsp3) is 0.400. The van der Waals surface area contributed by atoms with Gasteiger partial charge in [0.1, 0.15) is 5.60 Å². The molecular formula is C25H27Cl2N3O4. The van der Waals surface area contributed by atoms with Crippen molar-refractivity contribution in [3.05, 3.63) is 69.2 Å². The number of nitrogens with zero attached hydrogens (tertiary/aromatic N) is 2. The number of carbonyl (C=O) groups excluding carboxylic acids is 2. The molecule has 0 radical (unpaired) electrons. The zero-order valence-corrected chi connectivity index (χ0v) is 20.8. The first-order valence-electron chi connectivity index (χ1n) is 10.9. The molecule has 2 atom stereocenters. The van der Waals surface area contributed by atoms with Crippen molar-refractivity contribution in [2.75, 3.05) is 26.2 Å². The van der Waals surface area contributed by atoms with E-state index in [1.807, 2.05) is 32.9 Å². The topological polar surface area (TPSA) is 91.7 Å². The Morgan fingerprint density at radius 3 is 2.65 bits per heavy atom. The van der Waals surface area contributed by atoms with Crippen LogP contribution in [0.25, 0.3) is 0 Å². The lowest BCUT2D eigenvalue weighted by atomic mass is 9.94. The van der Waals surface area contributed by atoms with Crippen molar-refractivity contribution in [3.63, 3.8) is 0 Å². The molecule has 0 unspecified atom stereocenters. The number of halogens is 2. The lowest BCUT2D eigenvalue weighted by molar-refractivity contribution is 0.0231. The molecule has 1 aliphatic heterocycles. The van der Waals surface area contributed by atoms with Crippen LogP contribution in [0.1, 0.15) is 48.4 Å². The maximum Gasteiger partial charge on any atom is 0.410 e. The highest BCUT2D eigenvalue weighted by molar-refractivity contribution is 6.42. The van der Waals surface area contributed by atoms with Gasteiger partial charge in [-0.3, -0.25) is 4.79 Å². The van der Waals surface area contributed by atoms with Gasteiger partial charge < -0.3 is 19.7 Å². The minimum Gasteiger partial charge on any atom is -0.444 e. The number of benzene rings is 2. The molecular weight excluding hydrogens is 477 g/mol. The fourth-order valence-electron chi connectivity index (χ4n) is 3.67. The Morgan fingerprint density at radius 2 is 1.97 bits per heavy atom. The SMILES string of the molecule is CC(C)(C)OC(=O)N1CCO[C@@H](c2ccc(Cl)c(Cl)c2)[C@H](CNC(=O)c2cccc(C#N)c2)C1. The standard InChI is InChI=1S/C25H27Cl2N3O4/c1-25(2,3)34-24(32)30-9-10-33-22(17-7-8-20(26)21(27)12-17)19(15-30)14-29-23(31)18-6-4-5-16(11-18)13-28/h4-8,11-12,19,22H,9-10,14-15H2,1-3H3,(H,29,31)/t19-,22+/m1/s1. The summed E-state index contributed by atoms with van der Waals surface area (Å²) >= 11 is 12.3. The van der Waals surface area contributed by atoms with Gasteiger partial charge in [-0.1, -0.05) is 35.3 Å². The predicted molar refractivity (Wildman–Crippen MR) is 130 cm³/mol. The molecule has 1 saturated heterocycles. The first-order chi connectivity index (χ1) is 16.1. The molecule has 2 amide bonds. The molecule has 0 bridgehead atoms. The molecule has 0 aromatic heterocycles. The van der Waals surface area contributed by atoms with E-state index in [0.29, 0.717) is 40.9 Å². The number of ether oxygens (including phenoxy) is 2. The number of nitriles is 1. The van der Waals surface area contributed by atoms with E-state index in [4.69, 9.17) is 37.9 Å². The van der Waals surface area contributed by atoms with Gasteiger partial charge in [0.05, 0.1) is 34.4 Å². The highest BCUT2D eigenvalue weighted by atomic mass is 35.5. The highest BCUT2D eigenvalue weighted by Crippen LogP contribution is 2.33. The lowest BCUT2D eigenvalue weighted by Gasteiger charge is -2.30. The molecule has 0 aliphatic carbocycles. The van der Waals surface area contributed by atoms with E-state index >= 15 is 0 Å². The Kier molecular flexibility index (Phi) is 8.42. The quantitative estimate of drug-likeness (QED) is 0.617. The molecule has 3 rings (SSSR count). The second-order valence-electron chi connectivity index (χ2n) is 9.05. The van der Waals surface area contributed by atoms with E-state index in [2.05, 4.69) is 5.32 Å². The highest BCUT2D eigenvalue weighted by Gasteiger charge is 2.33. The van der Waals surface area contributed by atoms with Gasteiger partial charge in [-0.25, -0.2) is 4.79 Å². The number of hydrogen-bond acceptors (Lipinski definition) is 5. The zero-order valence-electron chi connectivity index (χ0n) is 19.3. The fourth-order valence-corrected chi connectivity index (χ4v) is 3.98. The smallest absolute Gasteiger partial charge is 0.410 e. The average molecular weight is 504 g/mol. The Hall–Kier alpha value is -2.79. The molecule has 2 aromatic rings. The van der Waals surface area contributed by atoms with Gasteiger partial charge in [0, 0.05) is 31.1 Å². The Balaban J connectivity index is 1.83. The summed E-state index contributed by atoms with van der Waals surface area (Å²) in [7, 11) is 0. The van der Waals surface area contributed by atoms with Crippen molar-refractivity contribution in [1.29, 1.82) is 5.26 Å². The predicted octanol–water partition coefficient (Wildman–Crippen LogP) is 5.22. The van der Waals surface area contributed by atoms with Crippen LogP contribution >= 0.6 is 23.2 Å². The number of nitrogens with one attached hydrogen (secondary N) is 1. The van der Waals surface area contributed by atoms with Crippen LogP contribution in [0, 0.1) is 17.2 Å². The Morgan fingerprint density at radius 1 is 1.21 bits per heavy atom. The molecule has 34 heavy (non-hydrogen) atoms. The number of hydrogen-bond donors (Lipinski definition) is 1. The minimum absolute atomic E-state index is 0.222. The molecule has 2 aromatic carbocycles. The minimum atomic E-state index is -0.636. The molecule has 1 fully saturated rings. The van der Waals surface area contributed by atoms with E-state index in [9.17, 15) is 9.59 Å². The Labute approximate surface area is 209 Å². The maximum absolute atomic E-state index is 12.8. The van der Waals surface area contributed by atoms with Crippen LogP contribution in [-0.4, -0.2) is 48.7 Å². The molecule has 1 aliphatic rings. The van der Waals surface area contributed by atoms with Crippen molar-refractivity contribution < 1.29 is 19.1 Å². The summed E-state index contributed by atoms with van der Waals surface area (Å²) < 4.78 is 11.7. The van der Waals surface area contributed by atoms with Gasteiger partial charge in [-0.05, 0) is 56.7 Å². The van der Waals surface area contributed by atoms with Gasteiger partial charge >= 0.3 is 6.09 Å². The largest absolute Gasteiger partial charge is 0.444 e. The van der Waals surface area contributed by atoms with Crippen LogP contribution < -0.4 is 5.32 Å². The van der Waals surface area contributed by atoms with Crippen LogP contribution in [0.15, 0.2) is 42.5 Å². The lowest BCUT2D eigenvalue weighted by Crippen LogP contribution is -2.42. The van der Waals surface area contributed by atoms with Crippen LogP contribution in [0.4, 0.5) is 4.79 Å². The van der Waals surface area contributed by atoms with Crippen molar-refractivity contribution in [2.45, 2.75) is 32.5 Å². The molecule has 0 saturated carbocycles. The second kappa shape index (κ2) is 11.1. The Bertz CT molecular complexity index is 1090. The second-order valence-corrected chi connectivity index (χ2v) is 9.87. The van der Waals surface area contributed by atoms with Crippen LogP contribution in [0.3, 0.4) is 0 Å². The molecule has 1 heterocycles. The number of amides is 2. The first kappa shape index (κ1) is 25.8. The summed E-state index contributed by atoms with van der Waals surface area (Å²) in [5.74, 6) is -0.617. The summed E-state index contributed by atoms with van der Waals surface area (Å²) in [5, 5.41) is 12.8. The summed E-state index contributed by atoms with van der Waals surface area (Å²) in [6.45, 7) is 6.60. The van der Waals surface area contributed by atoms with Gasteiger partial charge in [0.15, 0.2) is 0 Å². The van der Waals surface area contributed by atoms with Crippen molar-refractivity contribution in [1.82, 2.24) is 10.2 Å². The van der Waals surface area contributed by atoms with Gasteiger partial charge in [-0.2, -0.15) is 5.26 Å². The number of rotatable bonds is 4. The third kappa shape index (κ3) is 6.86. The van der Waals surface area contributed by atoms with Gasteiger partial charge in [-0.15, -0.1) is 0 Å². The zero-order chi connectivity index (χ0) is 24.9. The normalized spacial score (nSPS) is 18.5. The van der Waals surface area contributed by atoms with Crippen LogP contribution in [0.2, 0.25) is 10.0 Å². The monoisotopic (exact) mass is 503 g/mol. The summed E-state index contributed by atoms with van der Waals surface area (Å²) in [4.78, 5) is 27.2. The van der Waals surface area contributed by atoms with Crippen LogP contribution in [0.5, 0.6) is 0 Å². The summed E-state index contributed by atoms with van der Waals surface area (Å²) in [5.41, 5.74) is 0.938. The first-order valence-corrected chi connectivity index (χ1v) is 11.7. The van der Waals surface area contributed by atoms with Crippen LogP contribution in [-0.2, 0) is 9.47 Å². The summed E-state index contributed by atoms with van der Waals surface area (Å²) in [6.07, 6.45) is -0.878. The third-order valence-corrected chi connectivity index (χ3v) is 5.98. The van der Waals surface area contributed by atoms with Crippen molar-refractivity contribution in [3.8, 4) is 6.07 Å². The molecule has 180 valence electrons. The number of carbonyl (C=O) groups is 2. The van der Waals surface area contributed by atoms with E-state index in [1.165, 1.54) is 6.07 Å². The summed E-state index contributed by atoms with van der Waals surface area (Å²) in [6, 6.07) is 13.8. The average Bonchev–Trinajstić information content (AvgIpc) is 3.01. The molecule has 1 N–H and O–H groups in total. The van der Waals surface area contributed by atoms with Crippen molar-refractivity contribution >= 4 is 35.2 Å². The van der Waals surface area contributed by atoms with Gasteiger partial charge in [0.25, 0.3) is 5.91 Å². The third-order valence-electron chi connectivity index (χ3n) is 5.24. The molecule has 9 heteroatoms. The van der Waals surface area contributed by atoms with Gasteiger partial charge in [0.2, 0.25) is 0 Å². The van der Waals surface area contributed by atoms with E-state index in [1.54, 1.807) is 35.2 Å². The van der Waals surface area contributed by atoms with E-state index in [-0.39, 0.29) is 18.4 Å². The maximum atomic E-state index is 12.8. The molecule has 0 spiro atoms.